The van der Waals surface area contributed by atoms with E-state index in [1.807, 2.05) is 13.8 Å². The van der Waals surface area contributed by atoms with Crippen LogP contribution in [-0.4, -0.2) is 33.2 Å². The maximum absolute atomic E-state index is 12.1. The standard InChI is InChI=1S/C19H21N2O6P/c1-10-8-11(2)27-28(26-10)18-13(4)20-12(3)16(19(22)23)17(18)14-6-5-7-15(9-14)21(24)25/h5-7,9-11H,8H2,1-4H3,(H,22,23)/t10-,11+,28?. The van der Waals surface area contributed by atoms with E-state index in [1.54, 1.807) is 19.9 Å². The van der Waals surface area contributed by atoms with Crippen LogP contribution in [0.1, 0.15) is 42.0 Å². The zero-order chi connectivity index (χ0) is 20.6. The number of benzene rings is 1. The number of non-ortho nitro benzene ring substituents is 1. The van der Waals surface area contributed by atoms with Crippen molar-refractivity contribution in [3.63, 3.8) is 0 Å². The number of hydrogen-bond donors (Lipinski definition) is 1. The number of carbonyl (C=O) groups is 1. The molecule has 1 unspecified atom stereocenters. The summed E-state index contributed by atoms with van der Waals surface area (Å²) in [6.45, 7) is 7.27. The van der Waals surface area contributed by atoms with Crippen molar-refractivity contribution in [2.24, 2.45) is 0 Å². The van der Waals surface area contributed by atoms with Gasteiger partial charge in [0.1, 0.15) is 0 Å². The number of pyridine rings is 1. The number of aromatic carboxylic acids is 1. The lowest BCUT2D eigenvalue weighted by molar-refractivity contribution is -0.384. The maximum atomic E-state index is 12.1. The Kier molecular flexibility index (Phi) is 5.74. The van der Waals surface area contributed by atoms with Gasteiger partial charge in [-0.15, -0.1) is 0 Å². The lowest BCUT2D eigenvalue weighted by atomic mass is 9.97. The molecule has 148 valence electrons. The molecule has 2 aromatic rings. The molecule has 28 heavy (non-hydrogen) atoms. The zero-order valence-electron chi connectivity index (χ0n) is 16.0. The molecule has 0 amide bonds. The molecule has 1 aliphatic rings. The van der Waals surface area contributed by atoms with Gasteiger partial charge in [0.15, 0.2) is 0 Å². The van der Waals surface area contributed by atoms with Crippen LogP contribution in [0, 0.1) is 24.0 Å². The Labute approximate surface area is 163 Å². The van der Waals surface area contributed by atoms with Crippen molar-refractivity contribution in [1.82, 2.24) is 4.98 Å². The molecule has 1 N–H and O–H groups in total. The molecule has 3 atom stereocenters. The van der Waals surface area contributed by atoms with Crippen molar-refractivity contribution >= 4 is 25.3 Å². The van der Waals surface area contributed by atoms with Gasteiger partial charge in [-0.05, 0) is 33.3 Å². The average molecular weight is 404 g/mol. The summed E-state index contributed by atoms with van der Waals surface area (Å²) < 4.78 is 12.0. The van der Waals surface area contributed by atoms with Gasteiger partial charge in [0, 0.05) is 24.1 Å². The van der Waals surface area contributed by atoms with Crippen molar-refractivity contribution < 1.29 is 23.9 Å². The molecule has 1 aromatic carbocycles. The largest absolute Gasteiger partial charge is 0.478 e. The van der Waals surface area contributed by atoms with E-state index in [1.165, 1.54) is 18.2 Å². The summed E-state index contributed by atoms with van der Waals surface area (Å²) in [7, 11) is -1.58. The van der Waals surface area contributed by atoms with Crippen LogP contribution in [0.25, 0.3) is 11.1 Å². The summed E-state index contributed by atoms with van der Waals surface area (Å²) in [5, 5.41) is 21.6. The molecular formula is C19H21N2O6P. The van der Waals surface area contributed by atoms with E-state index < -0.39 is 19.3 Å². The highest BCUT2D eigenvalue weighted by molar-refractivity contribution is 7.56. The number of nitro benzene ring substituents is 1. The minimum absolute atomic E-state index is 0.00155. The smallest absolute Gasteiger partial charge is 0.338 e. The Morgan fingerprint density at radius 1 is 1.25 bits per heavy atom. The molecule has 0 radical (unpaired) electrons. The van der Waals surface area contributed by atoms with Crippen molar-refractivity contribution in [3.05, 3.63) is 51.3 Å². The molecule has 1 aromatic heterocycles. The number of carboxylic acid groups (broad SMARTS) is 1. The highest BCUT2D eigenvalue weighted by Crippen LogP contribution is 2.49. The van der Waals surface area contributed by atoms with E-state index in [9.17, 15) is 20.0 Å². The second-order valence-corrected chi connectivity index (χ2v) is 8.20. The zero-order valence-corrected chi connectivity index (χ0v) is 16.9. The predicted molar refractivity (Wildman–Crippen MR) is 105 cm³/mol. The average Bonchev–Trinajstić information content (AvgIpc) is 2.59. The van der Waals surface area contributed by atoms with Crippen molar-refractivity contribution in [3.8, 4) is 11.1 Å². The van der Waals surface area contributed by atoms with Crippen LogP contribution in [0.5, 0.6) is 0 Å². The molecule has 9 heteroatoms. The summed E-state index contributed by atoms with van der Waals surface area (Å²) in [5.41, 5.74) is 1.61. The number of hydrogen-bond acceptors (Lipinski definition) is 6. The molecule has 0 bridgehead atoms. The van der Waals surface area contributed by atoms with Crippen LogP contribution in [0.15, 0.2) is 24.3 Å². The van der Waals surface area contributed by atoms with E-state index >= 15 is 0 Å². The number of aromatic nitrogens is 1. The van der Waals surface area contributed by atoms with E-state index in [2.05, 4.69) is 4.98 Å². The van der Waals surface area contributed by atoms with Crippen molar-refractivity contribution in [1.29, 1.82) is 0 Å². The number of aryl methyl sites for hydroxylation is 2. The van der Waals surface area contributed by atoms with Gasteiger partial charge in [-0.1, -0.05) is 12.1 Å². The molecule has 0 aliphatic carbocycles. The Bertz CT molecular complexity index is 938. The van der Waals surface area contributed by atoms with Crippen LogP contribution < -0.4 is 5.30 Å². The van der Waals surface area contributed by atoms with Gasteiger partial charge >= 0.3 is 5.97 Å². The normalized spacial score (nSPS) is 22.1. The summed E-state index contributed by atoms with van der Waals surface area (Å²) in [4.78, 5) is 27.2. The molecule has 1 saturated heterocycles. The van der Waals surface area contributed by atoms with Crippen LogP contribution in [0.2, 0.25) is 0 Å². The maximum Gasteiger partial charge on any atom is 0.338 e. The number of nitro groups is 1. The van der Waals surface area contributed by atoms with Crippen LogP contribution in [-0.2, 0) is 9.05 Å². The van der Waals surface area contributed by atoms with Gasteiger partial charge in [0.2, 0.25) is 8.38 Å². The third-order valence-corrected chi connectivity index (χ3v) is 6.50. The molecule has 1 aliphatic heterocycles. The SMILES string of the molecule is Cc1nc(C)c(P2O[C@H](C)C[C@H](C)O2)c(-c2cccc([N+](=O)[O-])c2)c1C(=O)O. The topological polar surface area (TPSA) is 112 Å². The third kappa shape index (κ3) is 3.90. The fourth-order valence-electron chi connectivity index (χ4n) is 3.39. The molecule has 2 heterocycles. The van der Waals surface area contributed by atoms with Gasteiger partial charge in [-0.2, -0.15) is 0 Å². The number of rotatable bonds is 4. The van der Waals surface area contributed by atoms with Crippen LogP contribution in [0.3, 0.4) is 0 Å². The highest BCUT2D eigenvalue weighted by atomic mass is 31.2. The summed E-state index contributed by atoms with van der Waals surface area (Å²) in [6, 6.07) is 5.93. The molecule has 0 saturated carbocycles. The molecule has 1 fully saturated rings. The van der Waals surface area contributed by atoms with Crippen molar-refractivity contribution in [2.45, 2.75) is 46.3 Å². The van der Waals surface area contributed by atoms with Gasteiger partial charge in [-0.3, -0.25) is 15.1 Å². The second kappa shape index (κ2) is 7.91. The van der Waals surface area contributed by atoms with Gasteiger partial charge in [0.25, 0.3) is 5.69 Å². The van der Waals surface area contributed by atoms with Crippen molar-refractivity contribution in [2.75, 3.05) is 0 Å². The second-order valence-electron chi connectivity index (χ2n) is 6.82. The van der Waals surface area contributed by atoms with Crippen LogP contribution >= 0.6 is 8.38 Å². The van der Waals surface area contributed by atoms with E-state index in [4.69, 9.17) is 9.05 Å². The fraction of sp³-hybridized carbons (Fsp3) is 0.368. The lowest BCUT2D eigenvalue weighted by Crippen LogP contribution is -2.29. The Balaban J connectivity index is 2.30. The molecule has 0 spiro atoms. The Hall–Kier alpha value is -2.41. The molecule has 8 nitrogen and oxygen atoms in total. The Morgan fingerprint density at radius 2 is 1.89 bits per heavy atom. The van der Waals surface area contributed by atoms with Crippen LogP contribution in [0.4, 0.5) is 5.69 Å². The minimum atomic E-state index is -1.58. The summed E-state index contributed by atoms with van der Waals surface area (Å²) in [5.74, 6) is -1.15. The first-order chi connectivity index (χ1) is 13.2. The predicted octanol–water partition coefficient (Wildman–Crippen LogP) is 4.12. The Morgan fingerprint density at radius 3 is 2.46 bits per heavy atom. The highest BCUT2D eigenvalue weighted by Gasteiger charge is 2.34. The first kappa shape index (κ1) is 20.3. The fourth-order valence-corrected chi connectivity index (χ4v) is 5.22. The first-order valence-corrected chi connectivity index (χ1v) is 9.99. The molecular weight excluding hydrogens is 383 g/mol. The summed E-state index contributed by atoms with van der Waals surface area (Å²) >= 11 is 0. The van der Waals surface area contributed by atoms with E-state index in [0.29, 0.717) is 27.8 Å². The van der Waals surface area contributed by atoms with E-state index in [0.717, 1.165) is 6.42 Å². The third-order valence-electron chi connectivity index (χ3n) is 4.48. The number of nitrogens with zero attached hydrogens (tertiary/aromatic N) is 2. The quantitative estimate of drug-likeness (QED) is 0.463. The van der Waals surface area contributed by atoms with Gasteiger partial charge < -0.3 is 14.2 Å². The van der Waals surface area contributed by atoms with E-state index in [-0.39, 0.29) is 23.5 Å². The lowest BCUT2D eigenvalue weighted by Gasteiger charge is -2.33. The number of carboxylic acids is 1. The summed E-state index contributed by atoms with van der Waals surface area (Å²) in [6.07, 6.45) is 0.623. The minimum Gasteiger partial charge on any atom is -0.478 e. The first-order valence-electron chi connectivity index (χ1n) is 8.82. The molecule has 3 rings (SSSR count). The van der Waals surface area contributed by atoms with Gasteiger partial charge in [-0.25, -0.2) is 4.79 Å². The monoisotopic (exact) mass is 404 g/mol. The van der Waals surface area contributed by atoms with Gasteiger partial charge in [0.05, 0.1) is 39.4 Å².